The fraction of sp³-hybridized carbons (Fsp3) is 0.611. The number of nitrogens with one attached hydrogen (secondary N) is 2. The van der Waals surface area contributed by atoms with E-state index < -0.39 is 0 Å². The van der Waals surface area contributed by atoms with Gasteiger partial charge in [0.2, 0.25) is 5.91 Å². The summed E-state index contributed by atoms with van der Waals surface area (Å²) in [6.07, 6.45) is 1.04. The number of benzene rings is 1. The monoisotopic (exact) mass is 320 g/mol. The average Bonchev–Trinajstić information content (AvgIpc) is 2.50. The minimum atomic E-state index is 0.00791. The molecular weight excluding hydrogens is 288 g/mol. The van der Waals surface area contributed by atoms with Crippen molar-refractivity contribution in [2.75, 3.05) is 57.0 Å². The van der Waals surface area contributed by atoms with Gasteiger partial charge in [0, 0.05) is 24.5 Å². The molecule has 0 bridgehead atoms. The van der Waals surface area contributed by atoms with Gasteiger partial charge in [-0.15, -0.1) is 0 Å². The van der Waals surface area contributed by atoms with Crippen molar-refractivity contribution in [3.8, 4) is 0 Å². The van der Waals surface area contributed by atoms with E-state index in [4.69, 9.17) is 0 Å². The largest absolute Gasteiger partial charge is 0.372 e. The van der Waals surface area contributed by atoms with Crippen LogP contribution in [-0.4, -0.2) is 57.6 Å². The number of amides is 1. The number of hydrogen-bond donors (Lipinski definition) is 2. The number of anilines is 2. The predicted octanol–water partition coefficient (Wildman–Crippen LogP) is 2.32. The molecule has 5 nitrogen and oxygen atoms in total. The number of hydrogen-bond acceptors (Lipinski definition) is 4. The summed E-state index contributed by atoms with van der Waals surface area (Å²) in [4.78, 5) is 16.4. The molecule has 0 aliphatic rings. The van der Waals surface area contributed by atoms with E-state index in [1.807, 2.05) is 13.0 Å². The summed E-state index contributed by atoms with van der Waals surface area (Å²) < 4.78 is 0. The molecule has 1 aromatic carbocycles. The summed E-state index contributed by atoms with van der Waals surface area (Å²) in [7, 11) is 4.11. The van der Waals surface area contributed by atoms with Crippen LogP contribution in [0.3, 0.4) is 0 Å². The van der Waals surface area contributed by atoms with Gasteiger partial charge in [-0.05, 0) is 78.1 Å². The van der Waals surface area contributed by atoms with E-state index in [0.717, 1.165) is 43.9 Å². The second-order valence-corrected chi connectivity index (χ2v) is 6.05. The van der Waals surface area contributed by atoms with E-state index in [9.17, 15) is 4.79 Å². The van der Waals surface area contributed by atoms with Crippen LogP contribution in [0.5, 0.6) is 0 Å². The molecule has 0 aliphatic heterocycles. The van der Waals surface area contributed by atoms with Gasteiger partial charge in [0.25, 0.3) is 0 Å². The maximum absolute atomic E-state index is 12.0. The van der Waals surface area contributed by atoms with Crippen LogP contribution in [0, 0.1) is 6.92 Å². The third-order valence-corrected chi connectivity index (χ3v) is 3.86. The van der Waals surface area contributed by atoms with Crippen molar-refractivity contribution in [1.82, 2.24) is 10.2 Å². The quantitative estimate of drug-likeness (QED) is 0.650. The molecule has 5 heteroatoms. The second-order valence-electron chi connectivity index (χ2n) is 6.05. The predicted molar refractivity (Wildman–Crippen MR) is 99.4 cm³/mol. The summed E-state index contributed by atoms with van der Waals surface area (Å²) >= 11 is 0. The normalized spacial score (nSPS) is 10.9. The van der Waals surface area contributed by atoms with Crippen molar-refractivity contribution in [1.29, 1.82) is 0 Å². The van der Waals surface area contributed by atoms with Crippen LogP contribution in [-0.2, 0) is 4.79 Å². The van der Waals surface area contributed by atoms with Gasteiger partial charge >= 0.3 is 0 Å². The molecule has 0 spiro atoms. The van der Waals surface area contributed by atoms with Crippen LogP contribution >= 0.6 is 0 Å². The molecule has 1 aromatic rings. The summed E-state index contributed by atoms with van der Waals surface area (Å²) in [5.74, 6) is 0.00791. The van der Waals surface area contributed by atoms with Gasteiger partial charge in [-0.3, -0.25) is 4.79 Å². The van der Waals surface area contributed by atoms with Gasteiger partial charge < -0.3 is 20.4 Å². The molecule has 0 saturated carbocycles. The molecule has 23 heavy (non-hydrogen) atoms. The molecule has 2 N–H and O–H groups in total. The molecule has 0 fully saturated rings. The van der Waals surface area contributed by atoms with Crippen molar-refractivity contribution >= 4 is 17.3 Å². The van der Waals surface area contributed by atoms with Crippen molar-refractivity contribution in [3.63, 3.8) is 0 Å². The molecule has 0 radical (unpaired) electrons. The highest BCUT2D eigenvalue weighted by Gasteiger charge is 2.07. The van der Waals surface area contributed by atoms with Gasteiger partial charge in [0.05, 0.1) is 6.54 Å². The molecule has 1 rings (SSSR count). The van der Waals surface area contributed by atoms with E-state index in [-0.39, 0.29) is 5.91 Å². The summed E-state index contributed by atoms with van der Waals surface area (Å²) in [5.41, 5.74) is 3.18. The van der Waals surface area contributed by atoms with Crippen LogP contribution in [0.4, 0.5) is 11.4 Å². The molecular formula is C18H32N4O. The highest BCUT2D eigenvalue weighted by Crippen LogP contribution is 2.22. The zero-order valence-electron chi connectivity index (χ0n) is 15.3. The van der Waals surface area contributed by atoms with Gasteiger partial charge in [-0.1, -0.05) is 0 Å². The first-order chi connectivity index (χ1) is 11.0. The van der Waals surface area contributed by atoms with E-state index in [1.54, 1.807) is 0 Å². The van der Waals surface area contributed by atoms with Gasteiger partial charge in [0.15, 0.2) is 0 Å². The first kappa shape index (κ1) is 19.5. The molecule has 0 aromatic heterocycles. The van der Waals surface area contributed by atoms with E-state index in [1.165, 1.54) is 5.69 Å². The number of nitrogens with zero attached hydrogens (tertiary/aromatic N) is 2. The zero-order valence-corrected chi connectivity index (χ0v) is 15.3. The number of carbonyl (C=O) groups excluding carboxylic acids is 1. The summed E-state index contributed by atoms with van der Waals surface area (Å²) in [5, 5.41) is 6.16. The highest BCUT2D eigenvalue weighted by molar-refractivity contribution is 5.93. The Bertz CT molecular complexity index is 484. The second kappa shape index (κ2) is 10.2. The van der Waals surface area contributed by atoms with Crippen LogP contribution in [0.1, 0.15) is 25.8 Å². The van der Waals surface area contributed by atoms with Crippen molar-refractivity contribution in [2.45, 2.75) is 27.2 Å². The average molecular weight is 320 g/mol. The van der Waals surface area contributed by atoms with E-state index in [0.29, 0.717) is 6.54 Å². The summed E-state index contributed by atoms with van der Waals surface area (Å²) in [6.45, 7) is 10.5. The Hall–Kier alpha value is -1.59. The van der Waals surface area contributed by atoms with Crippen molar-refractivity contribution < 1.29 is 4.79 Å². The lowest BCUT2D eigenvalue weighted by Crippen LogP contribution is -2.30. The third kappa shape index (κ3) is 7.01. The number of aryl methyl sites for hydroxylation is 1. The Morgan fingerprint density at radius 1 is 1.17 bits per heavy atom. The fourth-order valence-corrected chi connectivity index (χ4v) is 2.49. The SMILES string of the molecule is CCN(CC)c1ccc(NC(=O)CNCCCN(C)C)c(C)c1. The minimum absolute atomic E-state index is 0.00791. The lowest BCUT2D eigenvalue weighted by molar-refractivity contribution is -0.115. The smallest absolute Gasteiger partial charge is 0.238 e. The van der Waals surface area contributed by atoms with E-state index in [2.05, 4.69) is 60.5 Å². The lowest BCUT2D eigenvalue weighted by atomic mass is 10.1. The Kier molecular flexibility index (Phi) is 8.66. The molecule has 0 unspecified atom stereocenters. The van der Waals surface area contributed by atoms with Crippen LogP contribution in [0.15, 0.2) is 18.2 Å². The molecule has 0 atom stereocenters. The molecule has 130 valence electrons. The standard InChI is InChI=1S/C18H32N4O/c1-6-22(7-2)16-9-10-17(15(3)13-16)20-18(23)14-19-11-8-12-21(4)5/h9-10,13,19H,6-8,11-12,14H2,1-5H3,(H,20,23). The van der Waals surface area contributed by atoms with Crippen LogP contribution in [0.2, 0.25) is 0 Å². The van der Waals surface area contributed by atoms with Gasteiger partial charge in [-0.25, -0.2) is 0 Å². The zero-order chi connectivity index (χ0) is 17.2. The maximum atomic E-state index is 12.0. The molecule has 0 saturated heterocycles. The third-order valence-electron chi connectivity index (χ3n) is 3.86. The highest BCUT2D eigenvalue weighted by atomic mass is 16.1. The first-order valence-electron chi connectivity index (χ1n) is 8.48. The number of rotatable bonds is 10. The maximum Gasteiger partial charge on any atom is 0.238 e. The molecule has 1 amide bonds. The first-order valence-corrected chi connectivity index (χ1v) is 8.48. The topological polar surface area (TPSA) is 47.6 Å². The van der Waals surface area contributed by atoms with Crippen LogP contribution in [0.25, 0.3) is 0 Å². The van der Waals surface area contributed by atoms with Crippen molar-refractivity contribution in [2.24, 2.45) is 0 Å². The molecule has 0 heterocycles. The fourth-order valence-electron chi connectivity index (χ4n) is 2.49. The Morgan fingerprint density at radius 2 is 1.87 bits per heavy atom. The van der Waals surface area contributed by atoms with Gasteiger partial charge in [0.1, 0.15) is 0 Å². The number of carbonyl (C=O) groups is 1. The molecule has 0 aliphatic carbocycles. The lowest BCUT2D eigenvalue weighted by Gasteiger charge is -2.22. The Balaban J connectivity index is 2.46. The van der Waals surface area contributed by atoms with Gasteiger partial charge in [-0.2, -0.15) is 0 Å². The summed E-state index contributed by atoms with van der Waals surface area (Å²) in [6, 6.07) is 6.19. The Morgan fingerprint density at radius 3 is 2.43 bits per heavy atom. The van der Waals surface area contributed by atoms with Crippen molar-refractivity contribution in [3.05, 3.63) is 23.8 Å². The van der Waals surface area contributed by atoms with Crippen LogP contribution < -0.4 is 15.5 Å². The van der Waals surface area contributed by atoms with E-state index >= 15 is 0 Å². The Labute approximate surface area is 141 Å². The minimum Gasteiger partial charge on any atom is -0.372 e.